The number of alkyl halides is 2. The number of hydrogen-bond acceptors (Lipinski definition) is 8. The van der Waals surface area contributed by atoms with Gasteiger partial charge < -0.3 is 29.9 Å². The molecule has 5 heterocycles. The van der Waals surface area contributed by atoms with Gasteiger partial charge in [0, 0.05) is 51.7 Å². The van der Waals surface area contributed by atoms with Crippen LogP contribution in [0.2, 0.25) is 0 Å². The van der Waals surface area contributed by atoms with Crippen LogP contribution >= 0.6 is 0 Å². The lowest BCUT2D eigenvalue weighted by atomic mass is 9.85. The highest BCUT2D eigenvalue weighted by molar-refractivity contribution is 5.88. The summed E-state index contributed by atoms with van der Waals surface area (Å²) in [5.74, 6) is -5.09. The van der Waals surface area contributed by atoms with E-state index in [-0.39, 0.29) is 50.0 Å². The minimum atomic E-state index is -3.43. The van der Waals surface area contributed by atoms with Crippen molar-refractivity contribution in [2.75, 3.05) is 69.2 Å². The Bertz CT molecular complexity index is 1530. The summed E-state index contributed by atoms with van der Waals surface area (Å²) in [4.78, 5) is 40.9. The van der Waals surface area contributed by atoms with Crippen LogP contribution in [-0.4, -0.2) is 101 Å². The smallest absolute Gasteiger partial charge is 0.407 e. The molecule has 14 heteroatoms. The van der Waals surface area contributed by atoms with Gasteiger partial charge in [-0.15, -0.1) is 0 Å². The average Bonchev–Trinajstić information content (AvgIpc) is 2.97. The second-order valence-electron chi connectivity index (χ2n) is 11.3. The maximum Gasteiger partial charge on any atom is 0.407 e. The molecule has 0 unspecified atom stereocenters. The Hall–Kier alpha value is -3.91. The van der Waals surface area contributed by atoms with Gasteiger partial charge in [0.05, 0.1) is 30.2 Å². The first-order chi connectivity index (χ1) is 20.7. The van der Waals surface area contributed by atoms with Crippen molar-refractivity contribution >= 4 is 28.6 Å². The predicted molar refractivity (Wildman–Crippen MR) is 153 cm³/mol. The van der Waals surface area contributed by atoms with E-state index in [4.69, 9.17) is 9.84 Å². The highest BCUT2D eigenvalue weighted by atomic mass is 19.3. The Morgan fingerprint density at radius 2 is 1.86 bits per heavy atom. The third kappa shape index (κ3) is 5.85. The maximum atomic E-state index is 15.4. The highest BCUT2D eigenvalue weighted by Crippen LogP contribution is 2.43. The number of nitrogens with one attached hydrogen (secondary N) is 2. The van der Waals surface area contributed by atoms with E-state index in [1.807, 2.05) is 4.90 Å². The van der Waals surface area contributed by atoms with Crippen LogP contribution in [-0.2, 0) is 17.1 Å². The average molecular weight is 602 g/mol. The summed E-state index contributed by atoms with van der Waals surface area (Å²) in [7, 11) is 0. The minimum absolute atomic E-state index is 0.00716. The van der Waals surface area contributed by atoms with E-state index >= 15 is 13.2 Å². The van der Waals surface area contributed by atoms with Gasteiger partial charge in [0.15, 0.2) is 0 Å². The number of likely N-dealkylation sites (tertiary alicyclic amines) is 1. The van der Waals surface area contributed by atoms with Gasteiger partial charge in [-0.25, -0.2) is 27.9 Å². The highest BCUT2D eigenvalue weighted by Gasteiger charge is 2.45. The molecule has 43 heavy (non-hydrogen) atoms. The van der Waals surface area contributed by atoms with Crippen LogP contribution in [0.3, 0.4) is 0 Å². The molecule has 0 atom stereocenters. The largest absolute Gasteiger partial charge is 0.465 e. The first kappa shape index (κ1) is 29.2. The number of piperazine rings is 1. The van der Waals surface area contributed by atoms with Gasteiger partial charge in [0.25, 0.3) is 11.5 Å². The number of carboxylic acid groups (broad SMARTS) is 1. The molecule has 6 rings (SSSR count). The quantitative estimate of drug-likeness (QED) is 0.357. The number of aromatic amines is 1. The molecule has 3 aliphatic rings. The number of aromatic nitrogens is 3. The molecule has 0 radical (unpaired) electrons. The summed E-state index contributed by atoms with van der Waals surface area (Å²) in [6, 6.07) is 6.20. The van der Waals surface area contributed by atoms with Crippen LogP contribution in [0.4, 0.5) is 29.5 Å². The number of pyridine rings is 1. The van der Waals surface area contributed by atoms with Crippen molar-refractivity contribution in [3.63, 3.8) is 0 Å². The zero-order valence-corrected chi connectivity index (χ0v) is 23.6. The molecule has 2 aromatic heterocycles. The number of anilines is 2. The van der Waals surface area contributed by atoms with Gasteiger partial charge in [0.2, 0.25) is 0 Å². The molecule has 0 spiro atoms. The van der Waals surface area contributed by atoms with E-state index in [2.05, 4.69) is 25.2 Å². The Labute approximate surface area is 245 Å². The van der Waals surface area contributed by atoms with Gasteiger partial charge in [-0.2, -0.15) is 0 Å². The fraction of sp³-hybridized carbons (Fsp3) is 0.517. The number of fused-ring (bicyclic) bond motifs is 1. The lowest BCUT2D eigenvalue weighted by Gasteiger charge is -2.43. The number of hydrogen-bond donors (Lipinski definition) is 3. The minimum Gasteiger partial charge on any atom is -0.465 e. The standard InChI is InChI=1S/C29H34F3N7O4/c30-24-18(2-1-3-22(24)29(31,32)19-5-8-39(9-6-19)28(41)42)4-7-33-25-21-14-23(27(40)36-26(21)35-17-34-25)38-12-10-37(11-13-38)20-15-43-16-20/h1-3,14,17,19-20H,4-13,15-16H2,(H,41,42)(H2,33,34,35,36,40). The van der Waals surface area contributed by atoms with E-state index < -0.39 is 29.3 Å². The summed E-state index contributed by atoms with van der Waals surface area (Å²) in [5.41, 5.74) is 0.0996. The zero-order valence-electron chi connectivity index (χ0n) is 23.6. The van der Waals surface area contributed by atoms with Crippen molar-refractivity contribution in [2.45, 2.75) is 31.2 Å². The van der Waals surface area contributed by atoms with E-state index in [1.54, 1.807) is 6.07 Å². The van der Waals surface area contributed by atoms with Crippen molar-refractivity contribution < 1.29 is 27.8 Å². The van der Waals surface area contributed by atoms with Crippen LogP contribution in [0.15, 0.2) is 35.4 Å². The number of ether oxygens (including phenoxy) is 1. The van der Waals surface area contributed by atoms with Crippen LogP contribution in [0.25, 0.3) is 11.0 Å². The molecule has 0 aliphatic carbocycles. The van der Waals surface area contributed by atoms with E-state index in [0.717, 1.165) is 37.3 Å². The van der Waals surface area contributed by atoms with Crippen molar-refractivity contribution in [1.29, 1.82) is 0 Å². The summed E-state index contributed by atoms with van der Waals surface area (Å²) in [6.45, 7) is 4.72. The number of rotatable bonds is 8. The van der Waals surface area contributed by atoms with Gasteiger partial charge in [-0.1, -0.05) is 18.2 Å². The molecule has 0 saturated carbocycles. The molecule has 3 aliphatic heterocycles. The Morgan fingerprint density at radius 1 is 1.12 bits per heavy atom. The molecule has 1 aromatic carbocycles. The van der Waals surface area contributed by atoms with Crippen molar-refractivity contribution in [1.82, 2.24) is 24.8 Å². The molecule has 3 fully saturated rings. The van der Waals surface area contributed by atoms with Crippen LogP contribution < -0.4 is 15.8 Å². The molecule has 1 amide bonds. The third-order valence-corrected chi connectivity index (χ3v) is 8.82. The molecule has 230 valence electrons. The van der Waals surface area contributed by atoms with Crippen molar-refractivity contribution in [3.05, 3.63) is 57.9 Å². The van der Waals surface area contributed by atoms with Crippen LogP contribution in [0.5, 0.6) is 0 Å². The summed E-state index contributed by atoms with van der Waals surface area (Å²) in [6.07, 6.45) is 0.208. The van der Waals surface area contributed by atoms with E-state index in [9.17, 15) is 9.59 Å². The van der Waals surface area contributed by atoms with Gasteiger partial charge in [0.1, 0.15) is 29.3 Å². The normalized spacial score (nSPS) is 19.0. The lowest BCUT2D eigenvalue weighted by Crippen LogP contribution is -2.57. The summed E-state index contributed by atoms with van der Waals surface area (Å²) >= 11 is 0. The molecule has 3 aromatic rings. The van der Waals surface area contributed by atoms with Crippen LogP contribution in [0.1, 0.15) is 24.0 Å². The molecular weight excluding hydrogens is 567 g/mol. The fourth-order valence-corrected chi connectivity index (χ4v) is 6.14. The van der Waals surface area contributed by atoms with Gasteiger partial charge >= 0.3 is 6.09 Å². The number of carbonyl (C=O) groups is 1. The first-order valence-electron chi connectivity index (χ1n) is 14.5. The van der Waals surface area contributed by atoms with Gasteiger partial charge in [-0.05, 0) is 30.9 Å². The van der Waals surface area contributed by atoms with Gasteiger partial charge in [-0.3, -0.25) is 9.69 Å². The monoisotopic (exact) mass is 601 g/mol. The number of benzene rings is 1. The zero-order chi connectivity index (χ0) is 30.1. The van der Waals surface area contributed by atoms with Crippen molar-refractivity contribution in [3.8, 4) is 0 Å². The van der Waals surface area contributed by atoms with Crippen molar-refractivity contribution in [2.24, 2.45) is 5.92 Å². The maximum absolute atomic E-state index is 15.4. The Kier molecular flexibility index (Phi) is 8.14. The summed E-state index contributed by atoms with van der Waals surface area (Å²) < 4.78 is 51.5. The molecule has 3 saturated heterocycles. The van der Waals surface area contributed by atoms with E-state index in [1.165, 1.54) is 18.5 Å². The predicted octanol–water partition coefficient (Wildman–Crippen LogP) is 3.11. The molecule has 3 N–H and O–H groups in total. The van der Waals surface area contributed by atoms with E-state index in [0.29, 0.717) is 41.7 Å². The third-order valence-electron chi connectivity index (χ3n) is 8.82. The number of nitrogens with zero attached hydrogens (tertiary/aromatic N) is 5. The number of halogens is 3. The first-order valence-corrected chi connectivity index (χ1v) is 14.5. The Morgan fingerprint density at radius 3 is 2.53 bits per heavy atom. The lowest BCUT2D eigenvalue weighted by molar-refractivity contribution is -0.0861. The topological polar surface area (TPSA) is 127 Å². The summed E-state index contributed by atoms with van der Waals surface area (Å²) in [5, 5.41) is 12.9. The Balaban J connectivity index is 1.13. The van der Waals surface area contributed by atoms with Crippen LogP contribution in [0, 0.1) is 11.7 Å². The second-order valence-corrected chi connectivity index (χ2v) is 11.3. The SMILES string of the molecule is O=C(O)N1CCC(C(F)(F)c2cccc(CCNc3ncnc4[nH]c(=O)c(N5CCN(C6COC6)CC5)cc34)c2F)CC1. The number of piperidine rings is 1. The molecular formula is C29H34F3N7O4. The molecule has 11 nitrogen and oxygen atoms in total. The number of amides is 1. The number of H-pyrrole nitrogens is 1. The molecule has 0 bridgehead atoms. The fourth-order valence-electron chi connectivity index (χ4n) is 6.14. The second kappa shape index (κ2) is 12.0.